The SMILES string of the molecule is COc1ccc(NC(N)=NCCNC(=O)c2ccc(Br)cc2)cc1Cl. The molecule has 0 aliphatic rings. The van der Waals surface area contributed by atoms with Crippen LogP contribution in [0.15, 0.2) is 51.9 Å². The Morgan fingerprint density at radius 1 is 1.28 bits per heavy atom. The molecule has 0 heterocycles. The minimum absolute atomic E-state index is 0.156. The molecule has 2 rings (SSSR count). The molecule has 2 aromatic rings. The lowest BCUT2D eigenvalue weighted by Crippen LogP contribution is -2.28. The number of rotatable bonds is 6. The molecule has 8 heteroatoms. The fourth-order valence-corrected chi connectivity index (χ4v) is 2.50. The Morgan fingerprint density at radius 2 is 2.00 bits per heavy atom. The van der Waals surface area contributed by atoms with E-state index in [0.29, 0.717) is 35.1 Å². The van der Waals surface area contributed by atoms with Gasteiger partial charge in [0.05, 0.1) is 18.7 Å². The molecular weight excluding hydrogens is 408 g/mol. The highest BCUT2D eigenvalue weighted by Gasteiger charge is 2.04. The van der Waals surface area contributed by atoms with E-state index in [1.54, 1.807) is 37.4 Å². The first kappa shape index (κ1) is 19.1. The summed E-state index contributed by atoms with van der Waals surface area (Å²) in [5, 5.41) is 6.18. The maximum absolute atomic E-state index is 11.9. The maximum Gasteiger partial charge on any atom is 0.251 e. The summed E-state index contributed by atoms with van der Waals surface area (Å²) in [7, 11) is 1.55. The van der Waals surface area contributed by atoms with E-state index in [9.17, 15) is 4.79 Å². The monoisotopic (exact) mass is 424 g/mol. The van der Waals surface area contributed by atoms with Crippen LogP contribution in [0.5, 0.6) is 5.75 Å². The Morgan fingerprint density at radius 3 is 2.64 bits per heavy atom. The van der Waals surface area contributed by atoms with Crippen molar-refractivity contribution in [3.8, 4) is 5.75 Å². The first-order valence-corrected chi connectivity index (χ1v) is 8.61. The summed E-state index contributed by atoms with van der Waals surface area (Å²) in [6.07, 6.45) is 0. The molecule has 0 unspecified atom stereocenters. The van der Waals surface area contributed by atoms with Gasteiger partial charge < -0.3 is 21.1 Å². The standard InChI is InChI=1S/C17H18BrClN4O2/c1-25-15-7-6-13(10-14(15)19)23-17(20)22-9-8-21-16(24)11-2-4-12(18)5-3-11/h2-7,10H,8-9H2,1H3,(H,21,24)(H3,20,22,23). The van der Waals surface area contributed by atoms with E-state index in [4.69, 9.17) is 22.1 Å². The summed E-state index contributed by atoms with van der Waals surface area (Å²) in [6.45, 7) is 0.728. The average molecular weight is 426 g/mol. The number of nitrogens with zero attached hydrogens (tertiary/aromatic N) is 1. The second-order valence-corrected chi connectivity index (χ2v) is 6.33. The molecule has 4 N–H and O–H groups in total. The fraction of sp³-hybridized carbons (Fsp3) is 0.176. The number of hydrogen-bond acceptors (Lipinski definition) is 3. The minimum atomic E-state index is -0.156. The van der Waals surface area contributed by atoms with Gasteiger partial charge in [-0.1, -0.05) is 27.5 Å². The van der Waals surface area contributed by atoms with Gasteiger partial charge in [-0.05, 0) is 42.5 Å². The number of benzene rings is 2. The van der Waals surface area contributed by atoms with Gasteiger partial charge in [-0.3, -0.25) is 9.79 Å². The van der Waals surface area contributed by atoms with E-state index in [1.165, 1.54) is 0 Å². The van der Waals surface area contributed by atoms with Crippen molar-refractivity contribution in [2.24, 2.45) is 10.7 Å². The number of nitrogens with one attached hydrogen (secondary N) is 2. The van der Waals surface area contributed by atoms with Crippen molar-refractivity contribution < 1.29 is 9.53 Å². The molecule has 0 atom stereocenters. The minimum Gasteiger partial charge on any atom is -0.495 e. The third kappa shape index (κ3) is 5.95. The quantitative estimate of drug-likeness (QED) is 0.376. The number of guanidine groups is 1. The van der Waals surface area contributed by atoms with Crippen LogP contribution in [-0.4, -0.2) is 32.1 Å². The van der Waals surface area contributed by atoms with Gasteiger partial charge in [0, 0.05) is 22.3 Å². The molecule has 25 heavy (non-hydrogen) atoms. The van der Waals surface area contributed by atoms with Crippen LogP contribution in [0, 0.1) is 0 Å². The zero-order valence-electron chi connectivity index (χ0n) is 13.6. The largest absolute Gasteiger partial charge is 0.495 e. The molecular formula is C17H18BrClN4O2. The molecule has 0 radical (unpaired) electrons. The van der Waals surface area contributed by atoms with Gasteiger partial charge >= 0.3 is 0 Å². The smallest absolute Gasteiger partial charge is 0.251 e. The Hall–Kier alpha value is -2.25. The Balaban J connectivity index is 1.80. The van der Waals surface area contributed by atoms with E-state index in [1.807, 2.05) is 12.1 Å². The summed E-state index contributed by atoms with van der Waals surface area (Å²) in [5.74, 6) is 0.661. The normalized spacial score (nSPS) is 11.1. The fourth-order valence-electron chi connectivity index (χ4n) is 1.98. The summed E-state index contributed by atoms with van der Waals surface area (Å²) < 4.78 is 6.01. The number of carbonyl (C=O) groups is 1. The van der Waals surface area contributed by atoms with Crippen molar-refractivity contribution in [2.75, 3.05) is 25.5 Å². The molecule has 0 bridgehead atoms. The first-order valence-electron chi connectivity index (χ1n) is 7.44. The molecule has 6 nitrogen and oxygen atoms in total. The molecule has 0 saturated heterocycles. The van der Waals surface area contributed by atoms with Gasteiger partial charge in [0.2, 0.25) is 0 Å². The van der Waals surface area contributed by atoms with Gasteiger partial charge in [0.15, 0.2) is 5.96 Å². The van der Waals surface area contributed by atoms with Crippen LogP contribution in [0.1, 0.15) is 10.4 Å². The van der Waals surface area contributed by atoms with E-state index >= 15 is 0 Å². The van der Waals surface area contributed by atoms with E-state index in [2.05, 4.69) is 31.6 Å². The number of methoxy groups -OCH3 is 1. The molecule has 0 spiro atoms. The summed E-state index contributed by atoms with van der Waals surface area (Å²) in [6, 6.07) is 12.3. The zero-order valence-corrected chi connectivity index (χ0v) is 15.9. The van der Waals surface area contributed by atoms with Gasteiger partial charge in [0.1, 0.15) is 5.75 Å². The molecule has 0 aliphatic carbocycles. The Kier molecular flexibility index (Phi) is 7.09. The Bertz CT molecular complexity index is 766. The molecule has 2 aromatic carbocycles. The van der Waals surface area contributed by atoms with Crippen LogP contribution < -0.4 is 21.1 Å². The second-order valence-electron chi connectivity index (χ2n) is 5.00. The van der Waals surface area contributed by atoms with Crippen LogP contribution in [0.2, 0.25) is 5.02 Å². The van der Waals surface area contributed by atoms with Gasteiger partial charge in [-0.2, -0.15) is 0 Å². The van der Waals surface area contributed by atoms with Crippen molar-refractivity contribution in [3.63, 3.8) is 0 Å². The van der Waals surface area contributed by atoms with Crippen molar-refractivity contribution in [3.05, 3.63) is 57.5 Å². The lowest BCUT2D eigenvalue weighted by molar-refractivity contribution is 0.0955. The number of carbonyl (C=O) groups excluding carboxylic acids is 1. The Labute approximate surface area is 159 Å². The molecule has 132 valence electrons. The molecule has 0 aromatic heterocycles. The second kappa shape index (κ2) is 9.29. The van der Waals surface area contributed by atoms with Crippen molar-refractivity contribution in [2.45, 2.75) is 0 Å². The maximum atomic E-state index is 11.9. The number of ether oxygens (including phenoxy) is 1. The van der Waals surface area contributed by atoms with Crippen LogP contribution in [-0.2, 0) is 0 Å². The number of nitrogens with two attached hydrogens (primary N) is 1. The van der Waals surface area contributed by atoms with Gasteiger partial charge in [-0.25, -0.2) is 0 Å². The highest BCUT2D eigenvalue weighted by atomic mass is 79.9. The topological polar surface area (TPSA) is 88.7 Å². The van der Waals surface area contributed by atoms with E-state index < -0.39 is 0 Å². The summed E-state index contributed by atoms with van der Waals surface area (Å²) >= 11 is 9.37. The van der Waals surface area contributed by atoms with E-state index in [0.717, 1.165) is 4.47 Å². The van der Waals surface area contributed by atoms with Crippen LogP contribution in [0.3, 0.4) is 0 Å². The third-order valence-electron chi connectivity index (χ3n) is 3.21. The van der Waals surface area contributed by atoms with Gasteiger partial charge in [0.25, 0.3) is 5.91 Å². The number of halogens is 2. The first-order chi connectivity index (χ1) is 12.0. The number of hydrogen-bond donors (Lipinski definition) is 3. The number of anilines is 1. The van der Waals surface area contributed by atoms with Crippen molar-refractivity contribution >= 4 is 45.1 Å². The molecule has 0 saturated carbocycles. The lowest BCUT2D eigenvalue weighted by Gasteiger charge is -2.08. The number of aliphatic imine (C=N–C) groups is 1. The van der Waals surface area contributed by atoms with Gasteiger partial charge in [-0.15, -0.1) is 0 Å². The average Bonchev–Trinajstić information content (AvgIpc) is 2.59. The molecule has 0 fully saturated rings. The zero-order chi connectivity index (χ0) is 18.2. The molecule has 1 amide bonds. The highest BCUT2D eigenvalue weighted by molar-refractivity contribution is 9.10. The van der Waals surface area contributed by atoms with E-state index in [-0.39, 0.29) is 11.9 Å². The van der Waals surface area contributed by atoms with Crippen LogP contribution in [0.25, 0.3) is 0 Å². The lowest BCUT2D eigenvalue weighted by atomic mass is 10.2. The van der Waals surface area contributed by atoms with Crippen molar-refractivity contribution in [1.82, 2.24) is 5.32 Å². The summed E-state index contributed by atoms with van der Waals surface area (Å²) in [5.41, 5.74) is 7.11. The molecule has 0 aliphatic heterocycles. The van der Waals surface area contributed by atoms with Crippen molar-refractivity contribution in [1.29, 1.82) is 0 Å². The van der Waals surface area contributed by atoms with Crippen LogP contribution >= 0.6 is 27.5 Å². The predicted molar refractivity (Wildman–Crippen MR) is 105 cm³/mol. The van der Waals surface area contributed by atoms with Crippen LogP contribution in [0.4, 0.5) is 5.69 Å². The summed E-state index contributed by atoms with van der Waals surface area (Å²) in [4.78, 5) is 16.1. The highest BCUT2D eigenvalue weighted by Crippen LogP contribution is 2.26. The number of amides is 1. The predicted octanol–water partition coefficient (Wildman–Crippen LogP) is 3.27. The third-order valence-corrected chi connectivity index (χ3v) is 4.03.